The van der Waals surface area contributed by atoms with Crippen LogP contribution < -0.4 is 4.72 Å². The molecular weight excluding hydrogens is 286 g/mol. The first-order valence-corrected chi connectivity index (χ1v) is 7.59. The number of aliphatic hydroxyl groups excluding tert-OH is 1. The lowest BCUT2D eigenvalue weighted by Gasteiger charge is -2.02. The molecule has 100 valence electrons. The monoisotopic (exact) mass is 297 g/mol. The Balaban J connectivity index is 2.01. The van der Waals surface area contributed by atoms with Crippen LogP contribution in [0.1, 0.15) is 9.75 Å². The van der Waals surface area contributed by atoms with Crippen LogP contribution in [0.5, 0.6) is 0 Å². The lowest BCUT2D eigenvalue weighted by Crippen LogP contribution is -2.23. The number of nitrogens with zero attached hydrogens (tertiary/aromatic N) is 1. The van der Waals surface area contributed by atoms with Crippen LogP contribution in [0.25, 0.3) is 0 Å². The number of rotatable bonds is 4. The SMILES string of the molecule is O=S(=O)(NCc1ccc(C#CCO)s1)c1ccn[nH]1. The molecule has 2 rings (SSSR count). The number of hydrogen-bond donors (Lipinski definition) is 3. The zero-order valence-corrected chi connectivity index (χ0v) is 11.4. The number of H-pyrrole nitrogens is 1. The molecule has 0 spiro atoms. The third kappa shape index (κ3) is 3.65. The largest absolute Gasteiger partial charge is 0.384 e. The normalized spacial score (nSPS) is 11.0. The van der Waals surface area contributed by atoms with Gasteiger partial charge in [-0.1, -0.05) is 11.8 Å². The van der Waals surface area contributed by atoms with Crippen molar-refractivity contribution in [3.8, 4) is 11.8 Å². The molecule has 0 aliphatic rings. The van der Waals surface area contributed by atoms with E-state index in [4.69, 9.17) is 5.11 Å². The van der Waals surface area contributed by atoms with E-state index in [1.54, 1.807) is 12.1 Å². The molecule has 2 aromatic heterocycles. The number of thiophene rings is 1. The number of aliphatic hydroxyl groups is 1. The minimum absolute atomic E-state index is 0.0318. The average molecular weight is 297 g/mol. The van der Waals surface area contributed by atoms with Gasteiger partial charge in [0.15, 0.2) is 5.03 Å². The smallest absolute Gasteiger partial charge is 0.257 e. The Morgan fingerprint density at radius 2 is 2.26 bits per heavy atom. The standard InChI is InChI=1S/C11H11N3O3S2/c15-7-1-2-9-3-4-10(18-9)8-13-19(16,17)11-5-6-12-14-11/h3-6,13,15H,7-8H2,(H,12,14). The summed E-state index contributed by atoms with van der Waals surface area (Å²) in [6.07, 6.45) is 1.38. The summed E-state index contributed by atoms with van der Waals surface area (Å²) in [4.78, 5) is 1.62. The molecule has 0 aromatic carbocycles. The molecule has 0 aliphatic carbocycles. The molecule has 19 heavy (non-hydrogen) atoms. The highest BCUT2D eigenvalue weighted by atomic mass is 32.2. The topological polar surface area (TPSA) is 95.1 Å². The highest BCUT2D eigenvalue weighted by Crippen LogP contribution is 2.16. The first-order chi connectivity index (χ1) is 9.12. The first-order valence-electron chi connectivity index (χ1n) is 5.29. The van der Waals surface area contributed by atoms with Crippen LogP contribution in [0.2, 0.25) is 0 Å². The lowest BCUT2D eigenvalue weighted by molar-refractivity contribution is 0.350. The number of sulfonamides is 1. The summed E-state index contributed by atoms with van der Waals surface area (Å²) in [5, 5.41) is 14.6. The maximum Gasteiger partial charge on any atom is 0.257 e. The van der Waals surface area contributed by atoms with E-state index in [0.29, 0.717) is 0 Å². The molecule has 0 atom stereocenters. The number of aromatic nitrogens is 2. The van der Waals surface area contributed by atoms with Gasteiger partial charge in [0, 0.05) is 11.4 Å². The summed E-state index contributed by atoms with van der Waals surface area (Å²) in [7, 11) is -3.56. The fourth-order valence-electron chi connectivity index (χ4n) is 1.30. The van der Waals surface area contributed by atoms with Gasteiger partial charge < -0.3 is 5.11 Å². The Hall–Kier alpha value is -1.66. The van der Waals surface area contributed by atoms with Gasteiger partial charge in [0.25, 0.3) is 10.0 Å². The van der Waals surface area contributed by atoms with Crippen molar-refractivity contribution >= 4 is 21.4 Å². The van der Waals surface area contributed by atoms with Crippen molar-refractivity contribution in [3.63, 3.8) is 0 Å². The summed E-state index contributed by atoms with van der Waals surface area (Å²) in [6, 6.07) is 4.96. The van der Waals surface area contributed by atoms with Crippen molar-refractivity contribution in [2.75, 3.05) is 6.61 Å². The third-order valence-corrected chi connectivity index (χ3v) is 4.48. The van der Waals surface area contributed by atoms with Gasteiger partial charge in [0.05, 0.1) is 11.1 Å². The summed E-state index contributed by atoms with van der Waals surface area (Å²) in [5.74, 6) is 5.30. The fraction of sp³-hybridized carbons (Fsp3) is 0.182. The van der Waals surface area contributed by atoms with Crippen molar-refractivity contribution in [1.82, 2.24) is 14.9 Å². The molecule has 0 amide bonds. The fourth-order valence-corrected chi connectivity index (χ4v) is 3.13. The maximum atomic E-state index is 11.8. The highest BCUT2D eigenvalue weighted by molar-refractivity contribution is 7.89. The quantitative estimate of drug-likeness (QED) is 0.707. The maximum absolute atomic E-state index is 11.8. The molecule has 2 aromatic rings. The second-order valence-electron chi connectivity index (χ2n) is 3.47. The summed E-state index contributed by atoms with van der Waals surface area (Å²) in [5.41, 5.74) is 0. The Morgan fingerprint density at radius 3 is 2.95 bits per heavy atom. The van der Waals surface area contributed by atoms with Crippen LogP contribution in [-0.4, -0.2) is 30.3 Å². The van der Waals surface area contributed by atoms with E-state index >= 15 is 0 Å². The second kappa shape index (κ2) is 5.99. The molecule has 0 unspecified atom stereocenters. The molecule has 0 fully saturated rings. The van der Waals surface area contributed by atoms with Crippen LogP contribution in [0, 0.1) is 11.8 Å². The minimum Gasteiger partial charge on any atom is -0.384 e. The van der Waals surface area contributed by atoms with E-state index in [1.807, 2.05) is 0 Å². The molecule has 8 heteroatoms. The predicted octanol–water partition coefficient (Wildman–Crippen LogP) is 0.294. The second-order valence-corrected chi connectivity index (χ2v) is 6.37. The zero-order valence-electron chi connectivity index (χ0n) is 9.75. The van der Waals surface area contributed by atoms with Crippen LogP contribution in [0.3, 0.4) is 0 Å². The van der Waals surface area contributed by atoms with Crippen LogP contribution >= 0.6 is 11.3 Å². The van der Waals surface area contributed by atoms with E-state index in [-0.39, 0.29) is 18.2 Å². The zero-order chi connectivity index (χ0) is 13.7. The van der Waals surface area contributed by atoms with E-state index in [0.717, 1.165) is 9.75 Å². The number of aromatic amines is 1. The molecule has 2 heterocycles. The van der Waals surface area contributed by atoms with Crippen molar-refractivity contribution < 1.29 is 13.5 Å². The van der Waals surface area contributed by atoms with Crippen LogP contribution in [0.15, 0.2) is 29.4 Å². The van der Waals surface area contributed by atoms with E-state index in [2.05, 4.69) is 26.8 Å². The molecule has 3 N–H and O–H groups in total. The van der Waals surface area contributed by atoms with Gasteiger partial charge in [0.2, 0.25) is 0 Å². The summed E-state index contributed by atoms with van der Waals surface area (Å²) >= 11 is 1.37. The van der Waals surface area contributed by atoms with Gasteiger partial charge in [-0.3, -0.25) is 5.10 Å². The van der Waals surface area contributed by atoms with E-state index < -0.39 is 10.0 Å². The molecule has 6 nitrogen and oxygen atoms in total. The van der Waals surface area contributed by atoms with Crippen molar-refractivity contribution in [1.29, 1.82) is 0 Å². The lowest BCUT2D eigenvalue weighted by atomic mass is 10.4. The third-order valence-electron chi connectivity index (χ3n) is 2.15. The molecule has 0 bridgehead atoms. The molecular formula is C11H11N3O3S2. The Kier molecular flexibility index (Phi) is 4.34. The van der Waals surface area contributed by atoms with Crippen molar-refractivity contribution in [2.45, 2.75) is 11.6 Å². The Morgan fingerprint density at radius 1 is 1.42 bits per heavy atom. The van der Waals surface area contributed by atoms with Gasteiger partial charge >= 0.3 is 0 Å². The Bertz CT molecular complexity index is 693. The van der Waals surface area contributed by atoms with Gasteiger partial charge in [-0.2, -0.15) is 5.10 Å². The minimum atomic E-state index is -3.56. The highest BCUT2D eigenvalue weighted by Gasteiger charge is 2.15. The molecule has 0 aliphatic heterocycles. The Labute approximate surface area is 114 Å². The van der Waals surface area contributed by atoms with Gasteiger partial charge in [-0.05, 0) is 18.2 Å². The van der Waals surface area contributed by atoms with E-state index in [9.17, 15) is 8.42 Å². The van der Waals surface area contributed by atoms with Crippen LogP contribution in [0.4, 0.5) is 0 Å². The van der Waals surface area contributed by atoms with E-state index in [1.165, 1.54) is 23.6 Å². The summed E-state index contributed by atoms with van der Waals surface area (Å²) < 4.78 is 26.1. The van der Waals surface area contributed by atoms with Gasteiger partial charge in [-0.15, -0.1) is 11.3 Å². The molecule has 0 saturated heterocycles. The van der Waals surface area contributed by atoms with Gasteiger partial charge in [-0.25, -0.2) is 13.1 Å². The van der Waals surface area contributed by atoms with Crippen molar-refractivity contribution in [2.24, 2.45) is 0 Å². The van der Waals surface area contributed by atoms with Gasteiger partial charge in [0.1, 0.15) is 6.61 Å². The van der Waals surface area contributed by atoms with Crippen molar-refractivity contribution in [3.05, 3.63) is 34.2 Å². The number of hydrogen-bond acceptors (Lipinski definition) is 5. The average Bonchev–Trinajstić information content (AvgIpc) is 3.05. The predicted molar refractivity (Wildman–Crippen MR) is 70.9 cm³/mol. The van der Waals surface area contributed by atoms with Crippen LogP contribution in [-0.2, 0) is 16.6 Å². The molecule has 0 saturated carbocycles. The molecule has 0 radical (unpaired) electrons. The summed E-state index contributed by atoms with van der Waals surface area (Å²) in [6.45, 7) is -0.00743. The number of nitrogens with one attached hydrogen (secondary N) is 2. The first kappa shape index (κ1) is 13.8.